The number of amides is 1. The third kappa shape index (κ3) is 4.38. The zero-order chi connectivity index (χ0) is 19.4. The molecule has 0 bridgehead atoms. The Labute approximate surface area is 155 Å². The third-order valence-electron chi connectivity index (χ3n) is 3.82. The Hall–Kier alpha value is -3.48. The first-order valence-electron chi connectivity index (χ1n) is 8.10. The average molecular weight is 369 g/mol. The van der Waals surface area contributed by atoms with E-state index in [1.54, 1.807) is 18.2 Å². The molecule has 2 N–H and O–H groups in total. The third-order valence-corrected chi connectivity index (χ3v) is 3.82. The van der Waals surface area contributed by atoms with Gasteiger partial charge in [0.1, 0.15) is 23.2 Å². The van der Waals surface area contributed by atoms with Crippen LogP contribution in [0.5, 0.6) is 5.75 Å². The molecule has 0 unspecified atom stereocenters. The first kappa shape index (κ1) is 18.3. The number of rotatable bonds is 5. The first-order valence-corrected chi connectivity index (χ1v) is 8.10. The van der Waals surface area contributed by atoms with Crippen LogP contribution in [0.15, 0.2) is 54.7 Å². The predicted octanol–water partition coefficient (Wildman–Crippen LogP) is 4.67. The second-order valence-electron chi connectivity index (χ2n) is 5.84. The van der Waals surface area contributed by atoms with Crippen LogP contribution in [0.3, 0.4) is 0 Å². The number of ether oxygens (including phenoxy) is 1. The number of aromatic nitrogens is 1. The van der Waals surface area contributed by atoms with Gasteiger partial charge in [0.25, 0.3) is 5.91 Å². The molecule has 0 fully saturated rings. The van der Waals surface area contributed by atoms with E-state index in [-0.39, 0.29) is 11.6 Å². The van der Waals surface area contributed by atoms with Crippen molar-refractivity contribution in [2.45, 2.75) is 6.92 Å². The highest BCUT2D eigenvalue weighted by molar-refractivity contribution is 6.05. The molecule has 1 heterocycles. The number of halogens is 2. The van der Waals surface area contributed by atoms with Gasteiger partial charge in [-0.15, -0.1) is 0 Å². The molecule has 1 aromatic heterocycles. The molecule has 3 rings (SSSR count). The van der Waals surface area contributed by atoms with Crippen molar-refractivity contribution in [3.63, 3.8) is 0 Å². The SMILES string of the molecule is COc1ccc(C)cc1NC(=O)c1ccc(Nc2ccc(F)cc2F)nc1. The lowest BCUT2D eigenvalue weighted by Gasteiger charge is -2.11. The fourth-order valence-electron chi connectivity index (χ4n) is 2.44. The van der Waals surface area contributed by atoms with Crippen LogP contribution < -0.4 is 15.4 Å². The monoisotopic (exact) mass is 369 g/mol. The molecule has 7 heteroatoms. The van der Waals surface area contributed by atoms with Crippen LogP contribution in [0.2, 0.25) is 0 Å². The fourth-order valence-corrected chi connectivity index (χ4v) is 2.44. The number of carbonyl (C=O) groups excluding carboxylic acids is 1. The van der Waals surface area contributed by atoms with Gasteiger partial charge in [0.15, 0.2) is 0 Å². The predicted molar refractivity (Wildman–Crippen MR) is 99.6 cm³/mol. The van der Waals surface area contributed by atoms with Crippen LogP contribution in [-0.4, -0.2) is 18.0 Å². The van der Waals surface area contributed by atoms with Gasteiger partial charge in [0.05, 0.1) is 24.0 Å². The van der Waals surface area contributed by atoms with Crippen LogP contribution in [0.4, 0.5) is 26.0 Å². The summed E-state index contributed by atoms with van der Waals surface area (Å²) in [5.41, 5.74) is 1.94. The summed E-state index contributed by atoms with van der Waals surface area (Å²) in [6.45, 7) is 1.91. The normalized spacial score (nSPS) is 10.4. The summed E-state index contributed by atoms with van der Waals surface area (Å²) in [4.78, 5) is 16.5. The Morgan fingerprint density at radius 3 is 2.52 bits per heavy atom. The van der Waals surface area contributed by atoms with Gasteiger partial charge < -0.3 is 15.4 Å². The van der Waals surface area contributed by atoms with Gasteiger partial charge in [0, 0.05) is 12.3 Å². The molecule has 27 heavy (non-hydrogen) atoms. The number of methoxy groups -OCH3 is 1. The molecule has 138 valence electrons. The molecule has 0 aliphatic carbocycles. The molecule has 0 saturated carbocycles. The van der Waals surface area contributed by atoms with E-state index in [1.165, 1.54) is 25.4 Å². The van der Waals surface area contributed by atoms with Gasteiger partial charge >= 0.3 is 0 Å². The van der Waals surface area contributed by atoms with Crippen molar-refractivity contribution in [1.82, 2.24) is 4.98 Å². The smallest absolute Gasteiger partial charge is 0.257 e. The van der Waals surface area contributed by atoms with E-state index in [0.717, 1.165) is 17.7 Å². The minimum atomic E-state index is -0.731. The quantitative estimate of drug-likeness (QED) is 0.686. The first-order chi connectivity index (χ1) is 13.0. The molecular formula is C20H17F2N3O2. The van der Waals surface area contributed by atoms with Crippen LogP contribution >= 0.6 is 0 Å². The Balaban J connectivity index is 1.73. The number of carbonyl (C=O) groups is 1. The zero-order valence-electron chi connectivity index (χ0n) is 14.7. The molecule has 1 amide bonds. The van der Waals surface area contributed by atoms with Crippen LogP contribution in [0.25, 0.3) is 0 Å². The van der Waals surface area contributed by atoms with Crippen molar-refractivity contribution in [3.05, 3.63) is 77.5 Å². The number of benzene rings is 2. The van der Waals surface area contributed by atoms with Crippen molar-refractivity contribution in [2.24, 2.45) is 0 Å². The maximum absolute atomic E-state index is 13.7. The Morgan fingerprint density at radius 2 is 1.85 bits per heavy atom. The van der Waals surface area contributed by atoms with Crippen LogP contribution in [-0.2, 0) is 0 Å². The molecule has 0 spiro atoms. The molecule has 0 atom stereocenters. The van der Waals surface area contributed by atoms with E-state index in [0.29, 0.717) is 22.8 Å². The number of hydrogen-bond acceptors (Lipinski definition) is 4. The maximum Gasteiger partial charge on any atom is 0.257 e. The molecular weight excluding hydrogens is 352 g/mol. The van der Waals surface area contributed by atoms with Gasteiger partial charge in [-0.2, -0.15) is 0 Å². The Kier molecular flexibility index (Phi) is 5.30. The Morgan fingerprint density at radius 1 is 1.04 bits per heavy atom. The molecule has 3 aromatic rings. The van der Waals surface area contributed by atoms with Crippen molar-refractivity contribution in [2.75, 3.05) is 17.7 Å². The summed E-state index contributed by atoms with van der Waals surface area (Å²) < 4.78 is 31.9. The lowest BCUT2D eigenvalue weighted by Crippen LogP contribution is -2.13. The molecule has 2 aromatic carbocycles. The highest BCUT2D eigenvalue weighted by atomic mass is 19.1. The van der Waals surface area contributed by atoms with E-state index in [2.05, 4.69) is 15.6 Å². The van der Waals surface area contributed by atoms with Gasteiger partial charge in [-0.05, 0) is 48.9 Å². The summed E-state index contributed by atoms with van der Waals surface area (Å²) in [7, 11) is 1.52. The van der Waals surface area contributed by atoms with E-state index in [1.807, 2.05) is 13.0 Å². The second-order valence-corrected chi connectivity index (χ2v) is 5.84. The lowest BCUT2D eigenvalue weighted by atomic mass is 10.2. The van der Waals surface area contributed by atoms with Gasteiger partial charge in [0.2, 0.25) is 0 Å². The van der Waals surface area contributed by atoms with Crippen molar-refractivity contribution < 1.29 is 18.3 Å². The van der Waals surface area contributed by atoms with E-state index in [9.17, 15) is 13.6 Å². The minimum absolute atomic E-state index is 0.0885. The average Bonchev–Trinajstić information content (AvgIpc) is 2.65. The Bertz CT molecular complexity index is 975. The molecule has 5 nitrogen and oxygen atoms in total. The van der Waals surface area contributed by atoms with Gasteiger partial charge in [-0.3, -0.25) is 4.79 Å². The lowest BCUT2D eigenvalue weighted by molar-refractivity contribution is 0.102. The maximum atomic E-state index is 13.7. The summed E-state index contributed by atoms with van der Waals surface area (Å²) in [6.07, 6.45) is 1.36. The highest BCUT2D eigenvalue weighted by Gasteiger charge is 2.11. The topological polar surface area (TPSA) is 63.2 Å². The fraction of sp³-hybridized carbons (Fsp3) is 0.100. The van der Waals surface area contributed by atoms with E-state index < -0.39 is 11.6 Å². The largest absolute Gasteiger partial charge is 0.495 e. The number of hydrogen-bond donors (Lipinski definition) is 2. The second kappa shape index (κ2) is 7.82. The van der Waals surface area contributed by atoms with E-state index in [4.69, 9.17) is 4.74 Å². The van der Waals surface area contributed by atoms with Crippen LogP contribution in [0, 0.1) is 18.6 Å². The summed E-state index contributed by atoms with van der Waals surface area (Å²) >= 11 is 0. The van der Waals surface area contributed by atoms with E-state index >= 15 is 0 Å². The summed E-state index contributed by atoms with van der Waals surface area (Å²) in [6, 6.07) is 11.7. The molecule has 0 aliphatic heterocycles. The number of nitrogens with one attached hydrogen (secondary N) is 2. The molecule has 0 aliphatic rings. The molecule has 0 radical (unpaired) electrons. The van der Waals surface area contributed by atoms with Gasteiger partial charge in [-0.1, -0.05) is 6.07 Å². The number of pyridine rings is 1. The zero-order valence-corrected chi connectivity index (χ0v) is 14.7. The number of anilines is 3. The number of nitrogens with zero attached hydrogens (tertiary/aromatic N) is 1. The highest BCUT2D eigenvalue weighted by Crippen LogP contribution is 2.26. The van der Waals surface area contributed by atoms with Crippen molar-refractivity contribution in [3.8, 4) is 5.75 Å². The minimum Gasteiger partial charge on any atom is -0.495 e. The van der Waals surface area contributed by atoms with Gasteiger partial charge in [-0.25, -0.2) is 13.8 Å². The van der Waals surface area contributed by atoms with Crippen molar-refractivity contribution in [1.29, 1.82) is 0 Å². The summed E-state index contributed by atoms with van der Waals surface area (Å²) in [5, 5.41) is 5.51. The summed E-state index contributed by atoms with van der Waals surface area (Å²) in [5.74, 6) is -0.877. The standard InChI is InChI=1S/C20H17F2N3O2/c1-12-3-7-18(27-2)17(9-12)25-20(26)13-4-8-19(23-11-13)24-16-6-5-14(21)10-15(16)22/h3-11H,1-2H3,(H,23,24)(H,25,26). The van der Waals surface area contributed by atoms with Crippen molar-refractivity contribution >= 4 is 23.1 Å². The number of aryl methyl sites for hydroxylation is 1. The molecule has 0 saturated heterocycles. The van der Waals surface area contributed by atoms with Crippen LogP contribution in [0.1, 0.15) is 15.9 Å².